The summed E-state index contributed by atoms with van der Waals surface area (Å²) < 4.78 is 24.9. The Kier molecular flexibility index (Phi) is 4.62. The number of nitrogens with zero attached hydrogens (tertiary/aromatic N) is 2. The number of hydrogen-bond donors (Lipinski definition) is 2. The third kappa shape index (κ3) is 3.28. The maximum absolute atomic E-state index is 11.9. The van der Waals surface area contributed by atoms with Crippen LogP contribution in [-0.4, -0.2) is 49.6 Å². The second kappa shape index (κ2) is 6.07. The van der Waals surface area contributed by atoms with E-state index in [0.717, 1.165) is 23.6 Å². The van der Waals surface area contributed by atoms with Gasteiger partial charge in [-0.1, -0.05) is 6.42 Å². The fourth-order valence-electron chi connectivity index (χ4n) is 2.34. The molecule has 6 nitrogen and oxygen atoms in total. The van der Waals surface area contributed by atoms with E-state index in [1.165, 1.54) is 26.4 Å². The average molecular weight is 299 g/mol. The van der Waals surface area contributed by atoms with Gasteiger partial charge in [0.15, 0.2) is 0 Å². The van der Waals surface area contributed by atoms with Crippen molar-refractivity contribution in [2.45, 2.75) is 30.3 Å². The monoisotopic (exact) mass is 299 g/mol. The highest BCUT2D eigenvalue weighted by atomic mass is 32.2. The summed E-state index contributed by atoms with van der Waals surface area (Å²) >= 11 is 0. The highest BCUT2D eigenvalue weighted by Gasteiger charge is 2.24. The zero-order valence-corrected chi connectivity index (χ0v) is 12.6. The molecule has 0 aromatic carbocycles. The van der Waals surface area contributed by atoms with Crippen LogP contribution in [0, 0.1) is 5.92 Å². The van der Waals surface area contributed by atoms with Crippen molar-refractivity contribution in [2.75, 3.05) is 26.0 Å². The number of pyridine rings is 1. The second-order valence-corrected chi connectivity index (χ2v) is 7.46. The van der Waals surface area contributed by atoms with Crippen LogP contribution < -0.4 is 5.32 Å². The molecule has 1 aromatic heterocycles. The molecular weight excluding hydrogens is 278 g/mol. The summed E-state index contributed by atoms with van der Waals surface area (Å²) in [6.45, 7) is 0.661. The molecule has 1 aliphatic carbocycles. The van der Waals surface area contributed by atoms with Crippen molar-refractivity contribution in [1.82, 2.24) is 9.29 Å². The topological polar surface area (TPSA) is 82.5 Å². The molecule has 0 radical (unpaired) electrons. The molecule has 2 N–H and O–H groups in total. The van der Waals surface area contributed by atoms with Gasteiger partial charge in [-0.2, -0.15) is 0 Å². The van der Waals surface area contributed by atoms with Gasteiger partial charge in [0.1, 0.15) is 10.7 Å². The highest BCUT2D eigenvalue weighted by Crippen LogP contribution is 2.25. The van der Waals surface area contributed by atoms with E-state index in [2.05, 4.69) is 10.3 Å². The van der Waals surface area contributed by atoms with Crippen LogP contribution in [0.2, 0.25) is 0 Å². The van der Waals surface area contributed by atoms with Gasteiger partial charge in [0, 0.05) is 32.8 Å². The van der Waals surface area contributed by atoms with Crippen molar-refractivity contribution >= 4 is 15.8 Å². The van der Waals surface area contributed by atoms with E-state index in [1.807, 2.05) is 0 Å². The van der Waals surface area contributed by atoms with Crippen molar-refractivity contribution in [3.05, 3.63) is 18.3 Å². The minimum atomic E-state index is -3.43. The SMILES string of the molecule is CN(C)S(=O)(=O)c1ccc(NCC2CCCC2O)nc1. The van der Waals surface area contributed by atoms with Crippen LogP contribution >= 0.6 is 0 Å². The number of aliphatic hydroxyl groups excluding tert-OH is 1. The first kappa shape index (κ1) is 15.2. The van der Waals surface area contributed by atoms with Gasteiger partial charge in [0.2, 0.25) is 10.0 Å². The van der Waals surface area contributed by atoms with Gasteiger partial charge < -0.3 is 10.4 Å². The number of anilines is 1. The van der Waals surface area contributed by atoms with Crippen LogP contribution in [0.3, 0.4) is 0 Å². The molecule has 1 saturated carbocycles. The molecule has 1 fully saturated rings. The molecule has 7 heteroatoms. The zero-order chi connectivity index (χ0) is 14.8. The maximum atomic E-state index is 11.9. The summed E-state index contributed by atoms with van der Waals surface area (Å²) in [5.74, 6) is 0.879. The molecule has 0 spiro atoms. The Morgan fingerprint density at radius 1 is 1.40 bits per heavy atom. The summed E-state index contributed by atoms with van der Waals surface area (Å²) in [6, 6.07) is 3.19. The van der Waals surface area contributed by atoms with E-state index in [-0.39, 0.29) is 16.9 Å². The van der Waals surface area contributed by atoms with Crippen LogP contribution in [0.1, 0.15) is 19.3 Å². The highest BCUT2D eigenvalue weighted by molar-refractivity contribution is 7.89. The number of nitrogens with one attached hydrogen (secondary N) is 1. The van der Waals surface area contributed by atoms with Gasteiger partial charge in [-0.05, 0) is 25.0 Å². The predicted octanol–water partition coefficient (Wildman–Crippen LogP) is 0.905. The molecule has 0 bridgehead atoms. The number of aromatic nitrogens is 1. The molecule has 1 heterocycles. The zero-order valence-electron chi connectivity index (χ0n) is 11.8. The Hall–Kier alpha value is -1.18. The minimum Gasteiger partial charge on any atom is -0.393 e. The van der Waals surface area contributed by atoms with E-state index >= 15 is 0 Å². The normalized spacial score (nSPS) is 23.2. The summed E-state index contributed by atoms with van der Waals surface area (Å²) in [5, 5.41) is 12.9. The van der Waals surface area contributed by atoms with E-state index in [4.69, 9.17) is 0 Å². The first-order valence-corrected chi connectivity index (χ1v) is 8.16. The molecule has 1 aromatic rings. The molecule has 0 aliphatic heterocycles. The second-order valence-electron chi connectivity index (χ2n) is 5.31. The summed E-state index contributed by atoms with van der Waals surface area (Å²) in [4.78, 5) is 4.29. The maximum Gasteiger partial charge on any atom is 0.244 e. The van der Waals surface area contributed by atoms with E-state index in [1.54, 1.807) is 6.07 Å². The van der Waals surface area contributed by atoms with E-state index in [9.17, 15) is 13.5 Å². The minimum absolute atomic E-state index is 0.175. The number of sulfonamides is 1. The molecular formula is C13H21N3O3S. The lowest BCUT2D eigenvalue weighted by Gasteiger charge is -2.16. The summed E-state index contributed by atoms with van der Waals surface area (Å²) in [6.07, 6.45) is 4.04. The Morgan fingerprint density at radius 2 is 2.15 bits per heavy atom. The predicted molar refractivity (Wildman–Crippen MR) is 76.9 cm³/mol. The Balaban J connectivity index is 1.98. The number of rotatable bonds is 5. The van der Waals surface area contributed by atoms with Crippen molar-refractivity contribution in [2.24, 2.45) is 5.92 Å². The van der Waals surface area contributed by atoms with Gasteiger partial charge in [0.05, 0.1) is 6.10 Å². The molecule has 2 rings (SSSR count). The lowest BCUT2D eigenvalue weighted by atomic mass is 10.1. The van der Waals surface area contributed by atoms with E-state index < -0.39 is 10.0 Å². The van der Waals surface area contributed by atoms with Crippen molar-refractivity contribution in [3.8, 4) is 0 Å². The van der Waals surface area contributed by atoms with Crippen LogP contribution in [0.25, 0.3) is 0 Å². The summed E-state index contributed by atoms with van der Waals surface area (Å²) in [5.41, 5.74) is 0. The largest absolute Gasteiger partial charge is 0.393 e. The van der Waals surface area contributed by atoms with Crippen LogP contribution in [0.5, 0.6) is 0 Å². The Bertz CT molecular complexity index is 542. The molecule has 112 valence electrons. The fraction of sp³-hybridized carbons (Fsp3) is 0.615. The van der Waals surface area contributed by atoms with Gasteiger partial charge in [-0.3, -0.25) is 0 Å². The standard InChI is InChI=1S/C13H21N3O3S/c1-16(2)20(18,19)11-6-7-13(15-9-11)14-8-10-4-3-5-12(10)17/h6-7,9-10,12,17H,3-5,8H2,1-2H3,(H,14,15). The Morgan fingerprint density at radius 3 is 2.65 bits per heavy atom. The first-order chi connectivity index (χ1) is 9.41. The molecule has 1 aliphatic rings. The third-order valence-corrected chi connectivity index (χ3v) is 5.48. The lowest BCUT2D eigenvalue weighted by Crippen LogP contribution is -2.23. The fourth-order valence-corrected chi connectivity index (χ4v) is 3.19. The van der Waals surface area contributed by atoms with Crippen LogP contribution in [-0.2, 0) is 10.0 Å². The van der Waals surface area contributed by atoms with E-state index in [0.29, 0.717) is 12.4 Å². The lowest BCUT2D eigenvalue weighted by molar-refractivity contribution is 0.138. The first-order valence-electron chi connectivity index (χ1n) is 6.72. The molecule has 20 heavy (non-hydrogen) atoms. The van der Waals surface area contributed by atoms with Gasteiger partial charge in [0.25, 0.3) is 0 Å². The number of hydrogen-bond acceptors (Lipinski definition) is 5. The van der Waals surface area contributed by atoms with Gasteiger partial charge in [-0.15, -0.1) is 0 Å². The van der Waals surface area contributed by atoms with Crippen molar-refractivity contribution < 1.29 is 13.5 Å². The number of aliphatic hydroxyl groups is 1. The van der Waals surface area contributed by atoms with Crippen LogP contribution in [0.4, 0.5) is 5.82 Å². The molecule has 0 amide bonds. The average Bonchev–Trinajstić information content (AvgIpc) is 2.82. The summed E-state index contributed by atoms with van der Waals surface area (Å²) in [7, 11) is -0.452. The van der Waals surface area contributed by atoms with Crippen LogP contribution in [0.15, 0.2) is 23.2 Å². The van der Waals surface area contributed by atoms with Gasteiger partial charge in [-0.25, -0.2) is 17.7 Å². The molecule has 0 saturated heterocycles. The smallest absolute Gasteiger partial charge is 0.244 e. The molecule has 2 unspecified atom stereocenters. The van der Waals surface area contributed by atoms with Crippen molar-refractivity contribution in [3.63, 3.8) is 0 Å². The quantitative estimate of drug-likeness (QED) is 0.844. The Labute approximate surface area is 119 Å². The van der Waals surface area contributed by atoms with Gasteiger partial charge >= 0.3 is 0 Å². The molecule has 2 atom stereocenters. The van der Waals surface area contributed by atoms with Crippen molar-refractivity contribution in [1.29, 1.82) is 0 Å². The third-order valence-electron chi connectivity index (χ3n) is 3.68.